The van der Waals surface area contributed by atoms with Crippen molar-refractivity contribution in [2.24, 2.45) is 5.92 Å². The number of morpholine rings is 1. The summed E-state index contributed by atoms with van der Waals surface area (Å²) in [4.78, 5) is 44.7. The Morgan fingerprint density at radius 1 is 1.08 bits per heavy atom. The summed E-state index contributed by atoms with van der Waals surface area (Å²) < 4.78 is 16.2. The summed E-state index contributed by atoms with van der Waals surface area (Å²) in [7, 11) is 1.57. The Hall–Kier alpha value is -3.92. The van der Waals surface area contributed by atoms with Gasteiger partial charge in [-0.15, -0.1) is 0 Å². The van der Waals surface area contributed by atoms with Gasteiger partial charge in [0.05, 0.1) is 13.7 Å². The molecule has 1 saturated heterocycles. The van der Waals surface area contributed by atoms with Crippen LogP contribution in [0.25, 0.3) is 11.1 Å². The van der Waals surface area contributed by atoms with Crippen molar-refractivity contribution in [3.05, 3.63) is 48.4 Å². The molecule has 10 heteroatoms. The van der Waals surface area contributed by atoms with E-state index in [0.717, 1.165) is 12.8 Å². The number of nitrogens with one attached hydrogen (secondary N) is 2. The predicted molar refractivity (Wildman–Crippen MR) is 132 cm³/mol. The largest absolute Gasteiger partial charge is 0.497 e. The highest BCUT2D eigenvalue weighted by Gasteiger charge is 2.34. The molecule has 36 heavy (non-hydrogen) atoms. The van der Waals surface area contributed by atoms with Gasteiger partial charge in [-0.25, -0.2) is 0 Å². The average Bonchev–Trinajstić information content (AvgIpc) is 3.28. The zero-order valence-corrected chi connectivity index (χ0v) is 20.0. The molecule has 188 valence electrons. The van der Waals surface area contributed by atoms with Gasteiger partial charge < -0.3 is 29.4 Å². The molecule has 1 aromatic carbocycles. The van der Waals surface area contributed by atoms with Gasteiger partial charge in [0.25, 0.3) is 5.91 Å². The number of hydrogen-bond acceptors (Lipinski definition) is 7. The SMILES string of the molecule is COc1ccc(NC(=O)c2oc3cccnc3c2NC(=O)[C@H]2CC[C@H](N3CCOCC3=O)CC2)cc1. The minimum absolute atomic E-state index is 0.0117. The lowest BCUT2D eigenvalue weighted by molar-refractivity contribution is -0.146. The molecule has 2 fully saturated rings. The number of rotatable bonds is 6. The third kappa shape index (κ3) is 4.90. The number of amides is 3. The summed E-state index contributed by atoms with van der Waals surface area (Å²) in [6.45, 7) is 1.27. The first-order valence-corrected chi connectivity index (χ1v) is 12.0. The lowest BCUT2D eigenvalue weighted by Crippen LogP contribution is -2.49. The van der Waals surface area contributed by atoms with Gasteiger partial charge in [0.15, 0.2) is 5.58 Å². The van der Waals surface area contributed by atoms with Crippen molar-refractivity contribution in [3.63, 3.8) is 0 Å². The number of fused-ring (bicyclic) bond motifs is 1. The summed E-state index contributed by atoms with van der Waals surface area (Å²) >= 11 is 0. The molecule has 1 aliphatic heterocycles. The molecule has 1 saturated carbocycles. The van der Waals surface area contributed by atoms with E-state index < -0.39 is 5.91 Å². The van der Waals surface area contributed by atoms with Crippen LogP contribution in [0.4, 0.5) is 11.4 Å². The van der Waals surface area contributed by atoms with Crippen molar-refractivity contribution in [3.8, 4) is 5.75 Å². The fourth-order valence-corrected chi connectivity index (χ4v) is 4.86. The first-order valence-electron chi connectivity index (χ1n) is 12.0. The van der Waals surface area contributed by atoms with Gasteiger partial charge in [0.1, 0.15) is 23.6 Å². The van der Waals surface area contributed by atoms with E-state index in [-0.39, 0.29) is 41.8 Å². The molecular formula is C26H28N4O6. The first-order chi connectivity index (χ1) is 17.5. The maximum Gasteiger partial charge on any atom is 0.293 e. The summed E-state index contributed by atoms with van der Waals surface area (Å²) in [5.41, 5.74) is 1.63. The van der Waals surface area contributed by atoms with E-state index in [1.807, 2.05) is 4.90 Å². The fourth-order valence-electron chi connectivity index (χ4n) is 4.86. The minimum atomic E-state index is -0.497. The molecule has 3 aromatic rings. The standard InChI is InChI=1S/C26H28N4O6/c1-34-19-10-6-17(7-11-19)28-26(33)24-23(22-20(36-24)3-2-12-27-22)29-25(32)16-4-8-18(9-5-16)30-13-14-35-15-21(30)31/h2-3,6-7,10-12,16,18H,4-5,8-9,13-15H2,1H3,(H,28,33)(H,29,32)/t16-,18-. The third-order valence-electron chi connectivity index (χ3n) is 6.78. The van der Waals surface area contributed by atoms with E-state index in [1.165, 1.54) is 0 Å². The number of benzene rings is 1. The molecule has 10 nitrogen and oxygen atoms in total. The number of carbonyl (C=O) groups is 3. The van der Waals surface area contributed by atoms with E-state index in [1.54, 1.807) is 49.7 Å². The molecule has 0 radical (unpaired) electrons. The highest BCUT2D eigenvalue weighted by molar-refractivity contribution is 6.13. The molecule has 2 aliphatic rings. The molecule has 2 N–H and O–H groups in total. The normalized spacial score (nSPS) is 20.2. The molecule has 5 rings (SSSR count). The summed E-state index contributed by atoms with van der Waals surface area (Å²) in [6.07, 6.45) is 4.39. The topological polar surface area (TPSA) is 123 Å². The molecular weight excluding hydrogens is 464 g/mol. The maximum absolute atomic E-state index is 13.2. The maximum atomic E-state index is 13.2. The van der Waals surface area contributed by atoms with Crippen molar-refractivity contribution < 1.29 is 28.3 Å². The van der Waals surface area contributed by atoms with Crippen molar-refractivity contribution >= 4 is 40.2 Å². The van der Waals surface area contributed by atoms with Crippen LogP contribution >= 0.6 is 0 Å². The predicted octanol–water partition coefficient (Wildman–Crippen LogP) is 3.44. The van der Waals surface area contributed by atoms with E-state index in [2.05, 4.69) is 15.6 Å². The molecule has 0 spiro atoms. The molecule has 0 bridgehead atoms. The van der Waals surface area contributed by atoms with Gasteiger partial charge in [0, 0.05) is 30.4 Å². The van der Waals surface area contributed by atoms with Gasteiger partial charge in [-0.2, -0.15) is 0 Å². The van der Waals surface area contributed by atoms with Crippen molar-refractivity contribution in [2.45, 2.75) is 31.7 Å². The minimum Gasteiger partial charge on any atom is -0.497 e. The Bertz CT molecular complexity index is 1260. The number of ether oxygens (including phenoxy) is 2. The van der Waals surface area contributed by atoms with Crippen LogP contribution in [-0.4, -0.2) is 60.5 Å². The van der Waals surface area contributed by atoms with Crippen molar-refractivity contribution in [2.75, 3.05) is 37.5 Å². The molecule has 1 aliphatic carbocycles. The number of aromatic nitrogens is 1. The van der Waals surface area contributed by atoms with Crippen LogP contribution in [0.1, 0.15) is 36.2 Å². The van der Waals surface area contributed by atoms with E-state index >= 15 is 0 Å². The molecule has 2 aromatic heterocycles. The van der Waals surface area contributed by atoms with Crippen LogP contribution in [0, 0.1) is 5.92 Å². The van der Waals surface area contributed by atoms with Crippen LogP contribution in [0.2, 0.25) is 0 Å². The molecule has 3 heterocycles. The molecule has 0 atom stereocenters. The Morgan fingerprint density at radius 2 is 1.86 bits per heavy atom. The highest BCUT2D eigenvalue weighted by Crippen LogP contribution is 2.33. The smallest absolute Gasteiger partial charge is 0.293 e. The highest BCUT2D eigenvalue weighted by atomic mass is 16.5. The van der Waals surface area contributed by atoms with Crippen LogP contribution in [0.3, 0.4) is 0 Å². The summed E-state index contributed by atoms with van der Waals surface area (Å²) in [6, 6.07) is 10.4. The first kappa shape index (κ1) is 23.8. The third-order valence-corrected chi connectivity index (χ3v) is 6.78. The van der Waals surface area contributed by atoms with Crippen LogP contribution < -0.4 is 15.4 Å². The molecule has 0 unspecified atom stereocenters. The Morgan fingerprint density at radius 3 is 2.58 bits per heavy atom. The Kier molecular flexibility index (Phi) is 6.86. The summed E-state index contributed by atoms with van der Waals surface area (Å²) in [5.74, 6) is -0.250. The molecule has 3 amide bonds. The van der Waals surface area contributed by atoms with E-state index in [0.29, 0.717) is 48.5 Å². The van der Waals surface area contributed by atoms with Gasteiger partial charge in [-0.3, -0.25) is 19.4 Å². The van der Waals surface area contributed by atoms with Gasteiger partial charge >= 0.3 is 0 Å². The Labute approximate surface area is 207 Å². The van der Waals surface area contributed by atoms with Crippen LogP contribution in [0.5, 0.6) is 5.75 Å². The zero-order valence-electron chi connectivity index (χ0n) is 20.0. The number of carbonyl (C=O) groups excluding carboxylic acids is 3. The second kappa shape index (κ2) is 10.4. The second-order valence-corrected chi connectivity index (χ2v) is 8.97. The van der Waals surface area contributed by atoms with Gasteiger partial charge in [-0.05, 0) is 62.1 Å². The lowest BCUT2D eigenvalue weighted by atomic mass is 9.84. The van der Waals surface area contributed by atoms with Crippen molar-refractivity contribution in [1.82, 2.24) is 9.88 Å². The number of methoxy groups -OCH3 is 1. The van der Waals surface area contributed by atoms with E-state index in [4.69, 9.17) is 13.9 Å². The number of furan rings is 1. The number of hydrogen-bond donors (Lipinski definition) is 2. The average molecular weight is 493 g/mol. The monoisotopic (exact) mass is 492 g/mol. The van der Waals surface area contributed by atoms with Crippen molar-refractivity contribution in [1.29, 1.82) is 0 Å². The number of anilines is 2. The van der Waals surface area contributed by atoms with Gasteiger partial charge in [0.2, 0.25) is 17.6 Å². The number of pyridine rings is 1. The number of nitrogens with zero attached hydrogens (tertiary/aromatic N) is 2. The van der Waals surface area contributed by atoms with E-state index in [9.17, 15) is 14.4 Å². The fraction of sp³-hybridized carbons (Fsp3) is 0.385. The van der Waals surface area contributed by atoms with Crippen LogP contribution in [-0.2, 0) is 14.3 Å². The quantitative estimate of drug-likeness (QED) is 0.540. The Balaban J connectivity index is 1.30. The van der Waals surface area contributed by atoms with Crippen LogP contribution in [0.15, 0.2) is 47.0 Å². The zero-order chi connectivity index (χ0) is 25.1. The summed E-state index contributed by atoms with van der Waals surface area (Å²) in [5, 5.41) is 5.71. The van der Waals surface area contributed by atoms with Gasteiger partial charge in [-0.1, -0.05) is 0 Å². The lowest BCUT2D eigenvalue weighted by Gasteiger charge is -2.38. The second-order valence-electron chi connectivity index (χ2n) is 8.97.